The van der Waals surface area contributed by atoms with Gasteiger partial charge in [0.05, 0.1) is 6.10 Å². The fourth-order valence-electron chi connectivity index (χ4n) is 2.82. The highest BCUT2D eigenvalue weighted by Crippen LogP contribution is 2.24. The van der Waals surface area contributed by atoms with Gasteiger partial charge in [-0.15, -0.1) is 0 Å². The minimum atomic E-state index is -0.0859. The molecule has 0 saturated carbocycles. The van der Waals surface area contributed by atoms with Crippen LogP contribution < -0.4 is 0 Å². The van der Waals surface area contributed by atoms with Crippen LogP contribution in [0.4, 0.5) is 0 Å². The van der Waals surface area contributed by atoms with Crippen molar-refractivity contribution in [1.82, 2.24) is 4.90 Å². The zero-order valence-electron chi connectivity index (χ0n) is 12.0. The van der Waals surface area contributed by atoms with Crippen molar-refractivity contribution >= 4 is 0 Å². The van der Waals surface area contributed by atoms with Crippen molar-refractivity contribution in [2.75, 3.05) is 19.6 Å². The van der Waals surface area contributed by atoms with E-state index in [-0.39, 0.29) is 6.10 Å². The Morgan fingerprint density at radius 2 is 1.76 bits per heavy atom. The lowest BCUT2D eigenvalue weighted by Gasteiger charge is -2.35. The van der Waals surface area contributed by atoms with Gasteiger partial charge in [-0.05, 0) is 50.7 Å². The van der Waals surface area contributed by atoms with Gasteiger partial charge < -0.3 is 10.0 Å². The molecule has 1 aliphatic heterocycles. The Bertz CT molecular complexity index is 185. The van der Waals surface area contributed by atoms with Crippen LogP contribution in [0.5, 0.6) is 0 Å². The van der Waals surface area contributed by atoms with Crippen molar-refractivity contribution in [3.05, 3.63) is 0 Å². The summed E-state index contributed by atoms with van der Waals surface area (Å²) in [6.45, 7) is 10.2. The molecule has 0 aliphatic carbocycles. The molecule has 0 bridgehead atoms. The molecule has 0 radical (unpaired) electrons. The highest BCUT2D eigenvalue weighted by atomic mass is 16.3. The van der Waals surface area contributed by atoms with Crippen LogP contribution in [0.2, 0.25) is 0 Å². The number of aliphatic hydroxyl groups excluding tert-OH is 1. The average Bonchev–Trinajstić information content (AvgIpc) is 2.34. The molecule has 0 spiro atoms. The molecule has 2 nitrogen and oxygen atoms in total. The minimum absolute atomic E-state index is 0.0859. The summed E-state index contributed by atoms with van der Waals surface area (Å²) in [5.41, 5.74) is 0. The number of hydrogen-bond donors (Lipinski definition) is 1. The van der Waals surface area contributed by atoms with Crippen LogP contribution in [0.15, 0.2) is 0 Å². The number of aliphatic hydroxyl groups is 1. The summed E-state index contributed by atoms with van der Waals surface area (Å²) in [6, 6.07) is 0. The van der Waals surface area contributed by atoms with Gasteiger partial charge in [0.1, 0.15) is 0 Å². The highest BCUT2D eigenvalue weighted by Gasteiger charge is 2.26. The fraction of sp³-hybridized carbons (Fsp3) is 1.00. The maximum atomic E-state index is 10.1. The van der Waals surface area contributed by atoms with Crippen molar-refractivity contribution < 1.29 is 5.11 Å². The maximum Gasteiger partial charge on any atom is 0.0592 e. The quantitative estimate of drug-likeness (QED) is 0.691. The molecule has 2 heteroatoms. The monoisotopic (exact) mass is 241 g/mol. The number of unbranched alkanes of at least 4 members (excludes halogenated alkanes) is 3. The van der Waals surface area contributed by atoms with Gasteiger partial charge in [-0.25, -0.2) is 0 Å². The second-order valence-electron chi connectivity index (χ2n) is 5.97. The Labute approximate surface area is 107 Å². The number of nitrogens with zero attached hydrogens (tertiary/aromatic N) is 1. The van der Waals surface area contributed by atoms with Gasteiger partial charge in [0.2, 0.25) is 0 Å². The molecule has 1 unspecified atom stereocenters. The summed E-state index contributed by atoms with van der Waals surface area (Å²) >= 11 is 0. The molecule has 102 valence electrons. The van der Waals surface area contributed by atoms with Gasteiger partial charge in [-0.1, -0.05) is 40.0 Å². The molecular formula is C15H31NO. The Morgan fingerprint density at radius 3 is 2.29 bits per heavy atom. The first kappa shape index (κ1) is 15.0. The molecule has 1 N–H and O–H groups in total. The van der Waals surface area contributed by atoms with E-state index >= 15 is 0 Å². The first-order valence-corrected chi connectivity index (χ1v) is 7.55. The largest absolute Gasteiger partial charge is 0.393 e. The lowest BCUT2D eigenvalue weighted by molar-refractivity contribution is 0.0282. The summed E-state index contributed by atoms with van der Waals surface area (Å²) in [6.07, 6.45) is 7.72. The van der Waals surface area contributed by atoms with Crippen molar-refractivity contribution in [3.8, 4) is 0 Å². The van der Waals surface area contributed by atoms with Crippen LogP contribution in [0.1, 0.15) is 59.3 Å². The molecule has 1 aliphatic rings. The summed E-state index contributed by atoms with van der Waals surface area (Å²) in [5.74, 6) is 0.956. The molecule has 0 aromatic carbocycles. The summed E-state index contributed by atoms with van der Waals surface area (Å²) in [5, 5.41) is 10.1. The van der Waals surface area contributed by atoms with Crippen molar-refractivity contribution in [2.24, 2.45) is 11.8 Å². The zero-order valence-corrected chi connectivity index (χ0v) is 12.0. The number of likely N-dealkylation sites (tertiary alicyclic amines) is 1. The van der Waals surface area contributed by atoms with E-state index in [1.165, 1.54) is 58.2 Å². The van der Waals surface area contributed by atoms with E-state index in [1.807, 2.05) is 0 Å². The third kappa shape index (κ3) is 5.39. The van der Waals surface area contributed by atoms with Crippen LogP contribution in [-0.2, 0) is 0 Å². The molecule has 0 aromatic rings. The Balaban J connectivity index is 2.13. The minimum Gasteiger partial charge on any atom is -0.393 e. The van der Waals surface area contributed by atoms with Crippen molar-refractivity contribution in [3.63, 3.8) is 0 Å². The average molecular weight is 241 g/mol. The fourth-order valence-corrected chi connectivity index (χ4v) is 2.82. The molecule has 0 aromatic heterocycles. The number of rotatable bonds is 7. The summed E-state index contributed by atoms with van der Waals surface area (Å²) in [4.78, 5) is 2.58. The van der Waals surface area contributed by atoms with Gasteiger partial charge in [-0.3, -0.25) is 0 Å². The molecule has 0 amide bonds. The predicted octanol–water partition coefficient (Wildman–Crippen LogP) is 3.30. The standard InChI is InChI=1S/C15H31NO/c1-4-5-6-7-10-16-11-8-14(9-12-16)15(17)13(2)3/h13-15,17H,4-12H2,1-3H3. The van der Waals surface area contributed by atoms with E-state index in [9.17, 15) is 5.11 Å². The smallest absolute Gasteiger partial charge is 0.0592 e. The van der Waals surface area contributed by atoms with Crippen LogP contribution in [0.3, 0.4) is 0 Å². The molecular weight excluding hydrogens is 210 g/mol. The lowest BCUT2D eigenvalue weighted by atomic mass is 9.85. The van der Waals surface area contributed by atoms with Gasteiger partial charge in [-0.2, -0.15) is 0 Å². The highest BCUT2D eigenvalue weighted by molar-refractivity contribution is 4.78. The van der Waals surface area contributed by atoms with Gasteiger partial charge in [0, 0.05) is 0 Å². The second kappa shape index (κ2) is 8.10. The third-order valence-electron chi connectivity index (χ3n) is 4.13. The Morgan fingerprint density at radius 1 is 1.12 bits per heavy atom. The molecule has 17 heavy (non-hydrogen) atoms. The first-order valence-electron chi connectivity index (χ1n) is 7.55. The first-order chi connectivity index (χ1) is 8.15. The van der Waals surface area contributed by atoms with Gasteiger partial charge >= 0.3 is 0 Å². The van der Waals surface area contributed by atoms with Crippen LogP contribution in [-0.4, -0.2) is 35.7 Å². The molecule has 1 saturated heterocycles. The SMILES string of the molecule is CCCCCCN1CCC(C(O)C(C)C)CC1. The van der Waals surface area contributed by atoms with Gasteiger partial charge in [0.25, 0.3) is 0 Å². The van der Waals surface area contributed by atoms with E-state index in [0.29, 0.717) is 11.8 Å². The van der Waals surface area contributed by atoms with Crippen LogP contribution >= 0.6 is 0 Å². The molecule has 1 atom stereocenters. The number of hydrogen-bond acceptors (Lipinski definition) is 2. The van der Waals surface area contributed by atoms with Crippen LogP contribution in [0, 0.1) is 11.8 Å². The van der Waals surface area contributed by atoms with E-state index in [1.54, 1.807) is 0 Å². The van der Waals surface area contributed by atoms with E-state index in [2.05, 4.69) is 25.7 Å². The van der Waals surface area contributed by atoms with Crippen LogP contribution in [0.25, 0.3) is 0 Å². The Kier molecular flexibility index (Phi) is 7.14. The van der Waals surface area contributed by atoms with Crippen molar-refractivity contribution in [2.45, 2.75) is 65.4 Å². The molecule has 1 heterocycles. The lowest BCUT2D eigenvalue weighted by Crippen LogP contribution is -2.39. The second-order valence-corrected chi connectivity index (χ2v) is 5.97. The summed E-state index contributed by atoms with van der Waals surface area (Å²) in [7, 11) is 0. The van der Waals surface area contributed by atoms with Gasteiger partial charge in [0.15, 0.2) is 0 Å². The zero-order chi connectivity index (χ0) is 12.7. The normalized spacial score (nSPS) is 21.0. The van der Waals surface area contributed by atoms with E-state index < -0.39 is 0 Å². The summed E-state index contributed by atoms with van der Waals surface area (Å²) < 4.78 is 0. The molecule has 1 rings (SSSR count). The topological polar surface area (TPSA) is 23.5 Å². The van der Waals surface area contributed by atoms with E-state index in [4.69, 9.17) is 0 Å². The number of piperidine rings is 1. The third-order valence-corrected chi connectivity index (χ3v) is 4.13. The van der Waals surface area contributed by atoms with E-state index in [0.717, 1.165) is 0 Å². The Hall–Kier alpha value is -0.0800. The van der Waals surface area contributed by atoms with Crippen molar-refractivity contribution in [1.29, 1.82) is 0 Å². The molecule has 1 fully saturated rings. The maximum absolute atomic E-state index is 10.1. The predicted molar refractivity (Wildman–Crippen MR) is 74.2 cm³/mol.